The minimum atomic E-state index is 0.118. The molecule has 0 spiro atoms. The molecule has 4 heterocycles. The van der Waals surface area contributed by atoms with Gasteiger partial charge in [0.25, 0.3) is 0 Å². The Bertz CT molecular complexity index is 916. The number of carbonyl (C=O) groups excluding carboxylic acids is 1. The lowest BCUT2D eigenvalue weighted by molar-refractivity contribution is -0.128. The van der Waals surface area contributed by atoms with Crippen LogP contribution in [0.5, 0.6) is 0 Å². The Kier molecular flexibility index (Phi) is 4.27. The fraction of sp³-hybridized carbons (Fsp3) is 0.471. The van der Waals surface area contributed by atoms with E-state index in [4.69, 9.17) is 0 Å². The van der Waals surface area contributed by atoms with Crippen LogP contribution in [0.2, 0.25) is 0 Å². The van der Waals surface area contributed by atoms with E-state index in [-0.39, 0.29) is 12.5 Å². The van der Waals surface area contributed by atoms with Gasteiger partial charge in [-0.05, 0) is 24.3 Å². The van der Waals surface area contributed by atoms with Gasteiger partial charge in [-0.15, -0.1) is 0 Å². The summed E-state index contributed by atoms with van der Waals surface area (Å²) in [6.07, 6.45) is 9.00. The van der Waals surface area contributed by atoms with Crippen molar-refractivity contribution in [3.8, 4) is 0 Å². The molecule has 4 rings (SSSR count). The number of fused-ring (bicyclic) bond motifs is 1. The van der Waals surface area contributed by atoms with Crippen LogP contribution in [0.4, 0.5) is 5.82 Å². The Morgan fingerprint density at radius 1 is 1.38 bits per heavy atom. The smallest absolute Gasteiger partial charge is 0.242 e. The number of anilines is 1. The molecule has 1 unspecified atom stereocenters. The van der Waals surface area contributed by atoms with Crippen molar-refractivity contribution in [1.82, 2.24) is 34.6 Å². The van der Waals surface area contributed by atoms with Crippen LogP contribution < -0.4 is 4.90 Å². The van der Waals surface area contributed by atoms with Gasteiger partial charge < -0.3 is 14.8 Å². The standard InChI is InChI=1S/C17H22N8O/c1-23(17-15-16(19-10-18-15)20-11-21-17)9-14(26)25-4-3-12(8-25)5-13-6-22-24(2)7-13/h6-7,10-12H,3-5,8-9H2,1-2H3,(H,18,19,20,21). The van der Waals surface area contributed by atoms with Crippen molar-refractivity contribution in [1.29, 1.82) is 0 Å². The predicted octanol–water partition coefficient (Wildman–Crippen LogP) is 0.614. The Balaban J connectivity index is 1.37. The van der Waals surface area contributed by atoms with Gasteiger partial charge in [0, 0.05) is 33.4 Å². The quantitative estimate of drug-likeness (QED) is 0.721. The number of hydrogen-bond donors (Lipinski definition) is 1. The van der Waals surface area contributed by atoms with Gasteiger partial charge in [0.05, 0.1) is 19.1 Å². The highest BCUT2D eigenvalue weighted by Crippen LogP contribution is 2.22. The molecule has 1 amide bonds. The second-order valence-corrected chi connectivity index (χ2v) is 6.88. The monoisotopic (exact) mass is 354 g/mol. The SMILES string of the molecule is CN(CC(=O)N1CCC(Cc2cnn(C)c2)C1)c1ncnc2nc[nH]c12. The molecule has 0 saturated carbocycles. The summed E-state index contributed by atoms with van der Waals surface area (Å²) >= 11 is 0. The maximum atomic E-state index is 12.7. The van der Waals surface area contributed by atoms with Crippen molar-refractivity contribution in [3.63, 3.8) is 0 Å². The van der Waals surface area contributed by atoms with Gasteiger partial charge in [-0.1, -0.05) is 0 Å². The summed E-state index contributed by atoms with van der Waals surface area (Å²) in [6.45, 7) is 1.89. The van der Waals surface area contributed by atoms with Gasteiger partial charge in [-0.2, -0.15) is 5.10 Å². The topological polar surface area (TPSA) is 95.8 Å². The molecule has 1 aliphatic heterocycles. The molecular formula is C17H22N8O. The normalized spacial score (nSPS) is 17.2. The lowest BCUT2D eigenvalue weighted by Crippen LogP contribution is -2.38. The number of H-pyrrole nitrogens is 1. The second kappa shape index (κ2) is 6.74. The summed E-state index contributed by atoms with van der Waals surface area (Å²) in [4.78, 5) is 32.1. The van der Waals surface area contributed by atoms with Crippen LogP contribution >= 0.6 is 0 Å². The molecule has 1 atom stereocenters. The fourth-order valence-corrected chi connectivity index (χ4v) is 3.56. The van der Waals surface area contributed by atoms with E-state index < -0.39 is 0 Å². The zero-order valence-corrected chi connectivity index (χ0v) is 15.0. The highest BCUT2D eigenvalue weighted by atomic mass is 16.2. The Morgan fingerprint density at radius 2 is 2.27 bits per heavy atom. The average molecular weight is 354 g/mol. The number of nitrogens with zero attached hydrogens (tertiary/aromatic N) is 7. The molecule has 0 radical (unpaired) electrons. The maximum absolute atomic E-state index is 12.7. The molecule has 26 heavy (non-hydrogen) atoms. The lowest BCUT2D eigenvalue weighted by Gasteiger charge is -2.22. The van der Waals surface area contributed by atoms with Crippen LogP contribution in [-0.2, 0) is 18.3 Å². The van der Waals surface area contributed by atoms with Crippen LogP contribution in [0.25, 0.3) is 11.2 Å². The van der Waals surface area contributed by atoms with Gasteiger partial charge in [0.1, 0.15) is 11.8 Å². The third-order valence-electron chi connectivity index (χ3n) is 4.86. The summed E-state index contributed by atoms with van der Waals surface area (Å²) in [5.41, 5.74) is 2.58. The third kappa shape index (κ3) is 3.24. The van der Waals surface area contributed by atoms with Gasteiger partial charge >= 0.3 is 0 Å². The van der Waals surface area contributed by atoms with Crippen molar-refractivity contribution in [3.05, 3.63) is 30.6 Å². The Morgan fingerprint density at radius 3 is 3.08 bits per heavy atom. The molecule has 9 nitrogen and oxygen atoms in total. The van der Waals surface area contributed by atoms with E-state index in [0.29, 0.717) is 17.4 Å². The summed E-state index contributed by atoms with van der Waals surface area (Å²) < 4.78 is 1.82. The lowest BCUT2D eigenvalue weighted by atomic mass is 10.0. The van der Waals surface area contributed by atoms with Crippen molar-refractivity contribution in [2.75, 3.05) is 31.6 Å². The van der Waals surface area contributed by atoms with Crippen molar-refractivity contribution < 1.29 is 4.79 Å². The zero-order chi connectivity index (χ0) is 18.1. The van der Waals surface area contributed by atoms with Gasteiger partial charge in [-0.3, -0.25) is 9.48 Å². The van der Waals surface area contributed by atoms with Gasteiger partial charge in [0.15, 0.2) is 11.5 Å². The number of nitrogens with one attached hydrogen (secondary N) is 1. The average Bonchev–Trinajstić information content (AvgIpc) is 3.35. The van der Waals surface area contributed by atoms with Crippen molar-refractivity contribution >= 4 is 22.9 Å². The highest BCUT2D eigenvalue weighted by molar-refractivity contribution is 5.87. The minimum absolute atomic E-state index is 0.118. The number of likely N-dealkylation sites (tertiary alicyclic amines) is 1. The van der Waals surface area contributed by atoms with Crippen LogP contribution in [-0.4, -0.2) is 67.2 Å². The maximum Gasteiger partial charge on any atom is 0.242 e. The zero-order valence-electron chi connectivity index (χ0n) is 15.0. The largest absolute Gasteiger partial charge is 0.348 e. The van der Waals surface area contributed by atoms with E-state index in [0.717, 1.165) is 31.4 Å². The van der Waals surface area contributed by atoms with Crippen LogP contribution in [0.15, 0.2) is 25.0 Å². The first-order chi connectivity index (χ1) is 12.6. The first-order valence-corrected chi connectivity index (χ1v) is 8.70. The molecule has 0 aromatic carbocycles. The number of aryl methyl sites for hydroxylation is 1. The summed E-state index contributed by atoms with van der Waals surface area (Å²) in [7, 11) is 3.79. The number of aromatic nitrogens is 6. The van der Waals surface area contributed by atoms with E-state index in [9.17, 15) is 4.79 Å². The molecule has 3 aromatic heterocycles. The molecule has 1 saturated heterocycles. The fourth-order valence-electron chi connectivity index (χ4n) is 3.56. The number of amides is 1. The van der Waals surface area contributed by atoms with Gasteiger partial charge in [0.2, 0.25) is 5.91 Å². The number of imidazole rings is 1. The van der Waals surface area contributed by atoms with Gasteiger partial charge in [-0.25, -0.2) is 15.0 Å². The number of hydrogen-bond acceptors (Lipinski definition) is 6. The summed E-state index contributed by atoms with van der Waals surface area (Å²) in [5, 5.41) is 4.22. The predicted molar refractivity (Wildman–Crippen MR) is 96.6 cm³/mol. The first kappa shape index (κ1) is 16.5. The van der Waals surface area contributed by atoms with Crippen LogP contribution in [0.1, 0.15) is 12.0 Å². The molecule has 136 valence electrons. The molecule has 1 aliphatic rings. The molecule has 0 aliphatic carbocycles. The third-order valence-corrected chi connectivity index (χ3v) is 4.86. The van der Waals surface area contributed by atoms with Crippen LogP contribution in [0.3, 0.4) is 0 Å². The number of likely N-dealkylation sites (N-methyl/N-ethyl adjacent to an activating group) is 1. The van der Waals surface area contributed by atoms with Crippen molar-refractivity contribution in [2.24, 2.45) is 13.0 Å². The minimum Gasteiger partial charge on any atom is -0.348 e. The number of rotatable bonds is 5. The molecule has 0 bridgehead atoms. The van der Waals surface area contributed by atoms with E-state index in [2.05, 4.69) is 25.0 Å². The van der Waals surface area contributed by atoms with E-state index >= 15 is 0 Å². The second-order valence-electron chi connectivity index (χ2n) is 6.88. The summed E-state index contributed by atoms with van der Waals surface area (Å²) in [6, 6.07) is 0. The van der Waals surface area contributed by atoms with E-state index in [1.165, 1.54) is 11.9 Å². The highest BCUT2D eigenvalue weighted by Gasteiger charge is 2.27. The molecule has 1 fully saturated rings. The Hall–Kier alpha value is -2.97. The molecule has 3 aromatic rings. The van der Waals surface area contributed by atoms with Crippen molar-refractivity contribution in [2.45, 2.75) is 12.8 Å². The van der Waals surface area contributed by atoms with E-state index in [1.54, 1.807) is 6.33 Å². The molecule has 9 heteroatoms. The molecular weight excluding hydrogens is 332 g/mol. The Labute approximate surface area is 151 Å². The summed E-state index contributed by atoms with van der Waals surface area (Å²) in [5.74, 6) is 1.30. The first-order valence-electron chi connectivity index (χ1n) is 8.70. The van der Waals surface area contributed by atoms with Crippen LogP contribution in [0, 0.1) is 5.92 Å². The van der Waals surface area contributed by atoms with E-state index in [1.807, 2.05) is 41.0 Å². The number of carbonyl (C=O) groups is 1. The molecule has 1 N–H and O–H groups in total. The number of aromatic amines is 1.